The van der Waals surface area contributed by atoms with Gasteiger partial charge in [-0.2, -0.15) is 13.2 Å². The van der Waals surface area contributed by atoms with Gasteiger partial charge in [-0.15, -0.1) is 0 Å². The normalized spacial score (nSPS) is 20.1. The van der Waals surface area contributed by atoms with E-state index in [2.05, 4.69) is 9.71 Å². The summed E-state index contributed by atoms with van der Waals surface area (Å²) in [6.45, 7) is -0.0203. The number of rotatable bonds is 4. The molecule has 1 unspecified atom stereocenters. The minimum Gasteiger partial charge on any atom is -0.383 e. The summed E-state index contributed by atoms with van der Waals surface area (Å²) in [5, 5.41) is 0. The summed E-state index contributed by atoms with van der Waals surface area (Å²) in [6, 6.07) is 12.2. The molecule has 0 radical (unpaired) electrons. The maximum atomic E-state index is 14.1. The Morgan fingerprint density at radius 1 is 1.19 bits per heavy atom. The molecule has 3 rings (SSSR count). The van der Waals surface area contributed by atoms with Crippen LogP contribution in [-0.4, -0.2) is 26.7 Å². The highest BCUT2D eigenvalue weighted by molar-refractivity contribution is 7.88. The molecule has 0 aromatic heterocycles. The molecule has 2 aromatic rings. The molecule has 1 aliphatic heterocycles. The fourth-order valence-corrected chi connectivity index (χ4v) is 3.59. The number of nitrogens with two attached hydrogens (primary N) is 1. The molecule has 0 amide bonds. The summed E-state index contributed by atoms with van der Waals surface area (Å²) < 4.78 is 67.2. The molecule has 0 saturated carbocycles. The number of fused-ring (bicyclic) bond motifs is 1. The molecule has 3 N–H and O–H groups in total. The summed E-state index contributed by atoms with van der Waals surface area (Å²) >= 11 is 0. The highest BCUT2D eigenvalue weighted by atomic mass is 32.2. The van der Waals surface area contributed by atoms with Crippen molar-refractivity contribution < 1.29 is 21.6 Å². The van der Waals surface area contributed by atoms with E-state index in [1.807, 2.05) is 0 Å². The average Bonchev–Trinajstić information content (AvgIpc) is 2.58. The van der Waals surface area contributed by atoms with Gasteiger partial charge in [-0.25, -0.2) is 18.1 Å². The molecular weight excluding hydrogens is 379 g/mol. The number of benzene rings is 2. The third-order valence-corrected chi connectivity index (χ3v) is 5.13. The average molecular weight is 397 g/mol. The van der Waals surface area contributed by atoms with Crippen LogP contribution in [0.25, 0.3) is 0 Å². The van der Waals surface area contributed by atoms with Crippen LogP contribution < -0.4 is 10.5 Å². The van der Waals surface area contributed by atoms with Gasteiger partial charge in [0.15, 0.2) is 5.54 Å². The number of nitrogens with zero attached hydrogens (tertiary/aromatic N) is 1. The largest absolute Gasteiger partial charge is 0.418 e. The van der Waals surface area contributed by atoms with Gasteiger partial charge < -0.3 is 5.73 Å². The Labute approximate surface area is 155 Å². The van der Waals surface area contributed by atoms with E-state index in [4.69, 9.17) is 5.73 Å². The van der Waals surface area contributed by atoms with Gasteiger partial charge in [0.25, 0.3) is 0 Å². The predicted octanol–water partition coefficient (Wildman–Crippen LogP) is 2.46. The maximum absolute atomic E-state index is 14.1. The summed E-state index contributed by atoms with van der Waals surface area (Å²) in [5.74, 6) is -0.194. The highest BCUT2D eigenvalue weighted by Crippen LogP contribution is 2.47. The smallest absolute Gasteiger partial charge is 0.383 e. The lowest BCUT2D eigenvalue weighted by Gasteiger charge is -2.36. The van der Waals surface area contributed by atoms with Crippen molar-refractivity contribution in [1.82, 2.24) is 4.72 Å². The molecular formula is C18H18F3N3O2S. The lowest BCUT2D eigenvalue weighted by molar-refractivity contribution is -0.189. The topological polar surface area (TPSA) is 84.5 Å². The summed E-state index contributed by atoms with van der Waals surface area (Å²) in [7, 11) is -3.42. The first-order chi connectivity index (χ1) is 12.5. The Morgan fingerprint density at radius 3 is 2.44 bits per heavy atom. The molecule has 2 aromatic carbocycles. The number of hydrogen-bond acceptors (Lipinski definition) is 4. The van der Waals surface area contributed by atoms with Crippen molar-refractivity contribution in [3.8, 4) is 0 Å². The van der Waals surface area contributed by atoms with E-state index < -0.39 is 28.2 Å². The van der Waals surface area contributed by atoms with Gasteiger partial charge in [0.1, 0.15) is 5.84 Å². The number of halogens is 3. The van der Waals surface area contributed by atoms with Crippen LogP contribution in [0.3, 0.4) is 0 Å². The van der Waals surface area contributed by atoms with Crippen molar-refractivity contribution >= 4 is 15.9 Å². The molecule has 0 saturated heterocycles. The van der Waals surface area contributed by atoms with E-state index >= 15 is 0 Å². The van der Waals surface area contributed by atoms with E-state index in [1.165, 1.54) is 24.3 Å². The second-order valence-corrected chi connectivity index (χ2v) is 8.32. The van der Waals surface area contributed by atoms with Crippen molar-refractivity contribution in [2.45, 2.75) is 24.7 Å². The number of nitrogens with one attached hydrogen (secondary N) is 1. The Balaban J connectivity index is 2.08. The van der Waals surface area contributed by atoms with Crippen molar-refractivity contribution in [2.24, 2.45) is 10.7 Å². The zero-order valence-corrected chi connectivity index (χ0v) is 15.2. The van der Waals surface area contributed by atoms with Crippen molar-refractivity contribution in [3.63, 3.8) is 0 Å². The van der Waals surface area contributed by atoms with Crippen molar-refractivity contribution in [2.75, 3.05) is 6.26 Å². The molecule has 9 heteroatoms. The minimum absolute atomic E-state index is 0.00534. The van der Waals surface area contributed by atoms with Crippen molar-refractivity contribution in [1.29, 1.82) is 0 Å². The van der Waals surface area contributed by atoms with Crippen LogP contribution >= 0.6 is 0 Å². The number of alkyl halides is 3. The van der Waals surface area contributed by atoms with Crippen LogP contribution in [0.15, 0.2) is 53.5 Å². The van der Waals surface area contributed by atoms with Gasteiger partial charge >= 0.3 is 6.18 Å². The molecule has 144 valence electrons. The summed E-state index contributed by atoms with van der Waals surface area (Å²) in [6.07, 6.45) is -4.05. The second kappa shape index (κ2) is 6.65. The van der Waals surface area contributed by atoms with Gasteiger partial charge in [-0.05, 0) is 16.7 Å². The molecule has 27 heavy (non-hydrogen) atoms. The van der Waals surface area contributed by atoms with E-state index in [9.17, 15) is 21.6 Å². The molecule has 0 fully saturated rings. The number of sulfonamides is 1. The van der Waals surface area contributed by atoms with Crippen LogP contribution in [0, 0.1) is 0 Å². The fourth-order valence-electron chi connectivity index (χ4n) is 3.16. The molecule has 0 aliphatic carbocycles. The molecule has 0 bridgehead atoms. The second-order valence-electron chi connectivity index (χ2n) is 6.48. The first-order valence-corrected chi connectivity index (χ1v) is 9.95. The standard InChI is InChI=1S/C18H18F3N3O2S/c1-27(25,26)23-11-12-7-8-15-13(9-12)10-17(18(19,20)21,24-16(15)22)14-5-3-2-4-6-14/h2-9,23H,10-11H2,1H3,(H2,22,24). The zero-order chi connectivity index (χ0) is 19.9. The SMILES string of the molecule is CS(=O)(=O)NCc1ccc2c(c1)CC(c1ccccc1)(C(F)(F)F)N=C2N. The Morgan fingerprint density at radius 2 is 1.85 bits per heavy atom. The number of aliphatic imine (C=N–C) groups is 1. The maximum Gasteiger partial charge on any atom is 0.418 e. The number of hydrogen-bond donors (Lipinski definition) is 2. The lowest BCUT2D eigenvalue weighted by Crippen LogP contribution is -2.47. The van der Waals surface area contributed by atoms with Gasteiger partial charge in [0.2, 0.25) is 10.0 Å². The van der Waals surface area contributed by atoms with Crippen LogP contribution in [0.1, 0.15) is 22.3 Å². The van der Waals surface area contributed by atoms with Crippen LogP contribution in [0.4, 0.5) is 13.2 Å². The van der Waals surface area contributed by atoms with E-state index in [0.717, 1.165) is 6.26 Å². The van der Waals surface area contributed by atoms with E-state index in [-0.39, 0.29) is 17.9 Å². The van der Waals surface area contributed by atoms with Crippen LogP contribution in [-0.2, 0) is 28.5 Å². The van der Waals surface area contributed by atoms with Gasteiger partial charge in [-0.1, -0.05) is 48.5 Å². The third kappa shape index (κ3) is 3.84. The third-order valence-electron chi connectivity index (χ3n) is 4.46. The molecule has 1 atom stereocenters. The molecule has 1 aliphatic rings. The van der Waals surface area contributed by atoms with Gasteiger partial charge in [0, 0.05) is 18.5 Å². The lowest BCUT2D eigenvalue weighted by atomic mass is 9.79. The first kappa shape index (κ1) is 19.4. The summed E-state index contributed by atoms with van der Waals surface area (Å²) in [4.78, 5) is 3.87. The Bertz CT molecular complexity index is 989. The fraction of sp³-hybridized carbons (Fsp3) is 0.278. The molecule has 1 heterocycles. The first-order valence-electron chi connectivity index (χ1n) is 8.06. The zero-order valence-electron chi connectivity index (χ0n) is 14.4. The quantitative estimate of drug-likeness (QED) is 0.831. The van der Waals surface area contributed by atoms with Gasteiger partial charge in [-0.3, -0.25) is 0 Å². The number of amidine groups is 1. The molecule has 0 spiro atoms. The molecule has 5 nitrogen and oxygen atoms in total. The Hall–Kier alpha value is -2.39. The van der Waals surface area contributed by atoms with Gasteiger partial charge in [0.05, 0.1) is 6.26 Å². The summed E-state index contributed by atoms with van der Waals surface area (Å²) in [5.41, 5.74) is 4.75. The highest BCUT2D eigenvalue weighted by Gasteiger charge is 2.57. The monoisotopic (exact) mass is 397 g/mol. The van der Waals surface area contributed by atoms with E-state index in [1.54, 1.807) is 24.3 Å². The predicted molar refractivity (Wildman–Crippen MR) is 96.7 cm³/mol. The van der Waals surface area contributed by atoms with Crippen molar-refractivity contribution in [3.05, 3.63) is 70.8 Å². The van der Waals surface area contributed by atoms with E-state index in [0.29, 0.717) is 16.7 Å². The minimum atomic E-state index is -4.66. The van der Waals surface area contributed by atoms with Crippen LogP contribution in [0.5, 0.6) is 0 Å². The van der Waals surface area contributed by atoms with Crippen LogP contribution in [0.2, 0.25) is 0 Å². The Kier molecular flexibility index (Phi) is 4.77.